The number of ether oxygens (including phenoxy) is 1. The van der Waals surface area contributed by atoms with Gasteiger partial charge >= 0.3 is 0 Å². The molecule has 2 N–H and O–H groups in total. The Balaban J connectivity index is 1.52. The number of methoxy groups -OCH3 is 1. The van der Waals surface area contributed by atoms with Crippen LogP contribution in [-0.4, -0.2) is 52.9 Å². The third-order valence-electron chi connectivity index (χ3n) is 5.56. The molecule has 0 bridgehead atoms. The summed E-state index contributed by atoms with van der Waals surface area (Å²) in [6.45, 7) is 2.32. The number of benzene rings is 2. The van der Waals surface area contributed by atoms with E-state index in [1.807, 2.05) is 66.0 Å². The molecule has 0 fully saturated rings. The minimum Gasteiger partial charge on any atom is -0.391 e. The van der Waals surface area contributed by atoms with Crippen LogP contribution in [0.4, 0.5) is 0 Å². The fourth-order valence-corrected chi connectivity index (χ4v) is 4.99. The van der Waals surface area contributed by atoms with E-state index in [-0.39, 0.29) is 5.56 Å². The summed E-state index contributed by atoms with van der Waals surface area (Å²) in [5, 5.41) is 13.3. The Morgan fingerprint density at radius 3 is 2.58 bits per heavy atom. The van der Waals surface area contributed by atoms with E-state index in [9.17, 15) is 9.90 Å². The van der Waals surface area contributed by atoms with Crippen molar-refractivity contribution in [2.75, 3.05) is 26.8 Å². The zero-order chi connectivity index (χ0) is 23.0. The molecule has 33 heavy (non-hydrogen) atoms. The monoisotopic (exact) mass is 463 g/mol. The summed E-state index contributed by atoms with van der Waals surface area (Å²) in [4.78, 5) is 23.6. The maximum absolute atomic E-state index is 13.0. The molecule has 4 aromatic rings. The van der Waals surface area contributed by atoms with E-state index in [0.717, 1.165) is 34.5 Å². The molecule has 2 aromatic heterocycles. The first kappa shape index (κ1) is 23.3. The molecule has 0 amide bonds. The molecule has 172 valence electrons. The normalized spacial score (nSPS) is 12.5. The van der Waals surface area contributed by atoms with Crippen LogP contribution in [0.2, 0.25) is 0 Å². The number of thiophene rings is 1. The summed E-state index contributed by atoms with van der Waals surface area (Å²) < 4.78 is 5.20. The van der Waals surface area contributed by atoms with Gasteiger partial charge in [-0.05, 0) is 24.0 Å². The summed E-state index contributed by atoms with van der Waals surface area (Å²) in [6, 6.07) is 19.9. The second-order valence-corrected chi connectivity index (χ2v) is 8.99. The van der Waals surface area contributed by atoms with Crippen LogP contribution in [0.3, 0.4) is 0 Å². The smallest absolute Gasteiger partial charge is 0.260 e. The molecule has 0 aliphatic rings. The predicted octanol–water partition coefficient (Wildman–Crippen LogP) is 4.09. The van der Waals surface area contributed by atoms with Crippen molar-refractivity contribution in [2.45, 2.75) is 25.5 Å². The highest BCUT2D eigenvalue weighted by Crippen LogP contribution is 2.30. The summed E-state index contributed by atoms with van der Waals surface area (Å²) in [5.74, 6) is 0.610. The lowest BCUT2D eigenvalue weighted by molar-refractivity contribution is 0.0980. The lowest BCUT2D eigenvalue weighted by Gasteiger charge is -2.24. The van der Waals surface area contributed by atoms with Gasteiger partial charge in [-0.25, -0.2) is 4.98 Å². The highest BCUT2D eigenvalue weighted by molar-refractivity contribution is 7.17. The van der Waals surface area contributed by atoms with Gasteiger partial charge in [0.1, 0.15) is 10.7 Å². The van der Waals surface area contributed by atoms with Gasteiger partial charge in [-0.3, -0.25) is 9.69 Å². The van der Waals surface area contributed by atoms with E-state index in [1.165, 1.54) is 11.3 Å². The third kappa shape index (κ3) is 6.15. The van der Waals surface area contributed by atoms with Crippen LogP contribution in [0.1, 0.15) is 17.8 Å². The van der Waals surface area contributed by atoms with Gasteiger partial charge in [-0.15, -0.1) is 11.3 Å². The molecule has 4 rings (SSSR count). The molecule has 2 heterocycles. The Kier molecular flexibility index (Phi) is 8.01. The summed E-state index contributed by atoms with van der Waals surface area (Å²) in [7, 11) is 1.68. The topological polar surface area (TPSA) is 78.5 Å². The zero-order valence-corrected chi connectivity index (χ0v) is 19.6. The number of rotatable bonds is 11. The van der Waals surface area contributed by atoms with E-state index in [2.05, 4.69) is 9.88 Å². The second-order valence-electron chi connectivity index (χ2n) is 8.13. The average molecular weight is 464 g/mol. The SMILES string of the molecule is COCCCN(Cc1nc2scc(-c3ccccc3)c2c(=O)[nH]1)CC(O)Cc1ccccc1. The minimum absolute atomic E-state index is 0.128. The molecule has 7 heteroatoms. The van der Waals surface area contributed by atoms with Crippen molar-refractivity contribution in [3.8, 4) is 11.1 Å². The van der Waals surface area contributed by atoms with Gasteiger partial charge in [0.2, 0.25) is 0 Å². The van der Waals surface area contributed by atoms with E-state index in [0.29, 0.717) is 37.3 Å². The zero-order valence-electron chi connectivity index (χ0n) is 18.7. The van der Waals surface area contributed by atoms with Crippen molar-refractivity contribution < 1.29 is 9.84 Å². The molecular weight excluding hydrogens is 434 g/mol. The van der Waals surface area contributed by atoms with E-state index >= 15 is 0 Å². The van der Waals surface area contributed by atoms with Gasteiger partial charge in [0, 0.05) is 37.7 Å². The largest absolute Gasteiger partial charge is 0.391 e. The molecule has 0 radical (unpaired) electrons. The lowest BCUT2D eigenvalue weighted by Crippen LogP contribution is -2.35. The van der Waals surface area contributed by atoms with Crippen LogP contribution >= 0.6 is 11.3 Å². The van der Waals surface area contributed by atoms with E-state index in [1.54, 1.807) is 7.11 Å². The van der Waals surface area contributed by atoms with Crippen LogP contribution in [0.5, 0.6) is 0 Å². The number of nitrogens with one attached hydrogen (secondary N) is 1. The molecule has 0 spiro atoms. The molecular formula is C26H29N3O3S. The summed E-state index contributed by atoms with van der Waals surface area (Å²) in [5.41, 5.74) is 2.89. The first-order chi connectivity index (χ1) is 16.1. The van der Waals surface area contributed by atoms with Gasteiger partial charge in [0.05, 0.1) is 18.0 Å². The Bertz CT molecular complexity index is 1210. The molecule has 0 saturated carbocycles. The Morgan fingerprint density at radius 2 is 1.85 bits per heavy atom. The summed E-state index contributed by atoms with van der Waals surface area (Å²) in [6.07, 6.45) is 0.894. The van der Waals surface area contributed by atoms with Crippen LogP contribution in [0.15, 0.2) is 70.8 Å². The van der Waals surface area contributed by atoms with Crippen LogP contribution in [0.25, 0.3) is 21.3 Å². The van der Waals surface area contributed by atoms with Gasteiger partial charge in [0.25, 0.3) is 5.56 Å². The van der Waals surface area contributed by atoms with Gasteiger partial charge in [-0.2, -0.15) is 0 Å². The Labute approximate surface area is 197 Å². The quantitative estimate of drug-likeness (QED) is 0.328. The number of aromatic amines is 1. The fourth-order valence-electron chi connectivity index (χ4n) is 4.03. The fraction of sp³-hybridized carbons (Fsp3) is 0.308. The first-order valence-electron chi connectivity index (χ1n) is 11.1. The number of H-pyrrole nitrogens is 1. The number of nitrogens with zero attached hydrogens (tertiary/aromatic N) is 2. The number of aliphatic hydroxyl groups excluding tert-OH is 1. The molecule has 6 nitrogen and oxygen atoms in total. The molecule has 0 aliphatic heterocycles. The number of aliphatic hydroxyl groups is 1. The maximum atomic E-state index is 13.0. The average Bonchev–Trinajstić information content (AvgIpc) is 3.25. The van der Waals surface area contributed by atoms with Gasteiger partial charge in [-0.1, -0.05) is 60.7 Å². The highest BCUT2D eigenvalue weighted by atomic mass is 32.1. The standard InChI is InChI=1S/C26H29N3O3S/c1-32-14-8-13-29(16-21(30)15-19-9-4-2-5-10-19)17-23-27-25(31)24-22(18-33-26(24)28-23)20-11-6-3-7-12-20/h2-7,9-12,18,21,30H,8,13-17H2,1H3,(H,27,28,31). The first-order valence-corrected chi connectivity index (χ1v) is 12.0. The molecule has 1 atom stereocenters. The highest BCUT2D eigenvalue weighted by Gasteiger charge is 2.17. The van der Waals surface area contributed by atoms with Crippen molar-refractivity contribution in [1.82, 2.24) is 14.9 Å². The molecule has 1 unspecified atom stereocenters. The van der Waals surface area contributed by atoms with Crippen molar-refractivity contribution in [1.29, 1.82) is 0 Å². The van der Waals surface area contributed by atoms with Gasteiger partial charge < -0.3 is 14.8 Å². The maximum Gasteiger partial charge on any atom is 0.260 e. The van der Waals surface area contributed by atoms with E-state index < -0.39 is 6.10 Å². The summed E-state index contributed by atoms with van der Waals surface area (Å²) >= 11 is 1.48. The Hall–Kier alpha value is -2.84. The Morgan fingerprint density at radius 1 is 1.12 bits per heavy atom. The number of fused-ring (bicyclic) bond motifs is 1. The van der Waals surface area contributed by atoms with Crippen molar-refractivity contribution in [2.24, 2.45) is 0 Å². The third-order valence-corrected chi connectivity index (χ3v) is 6.43. The number of hydrogen-bond acceptors (Lipinski definition) is 6. The lowest BCUT2D eigenvalue weighted by atomic mass is 10.1. The molecule has 0 saturated heterocycles. The van der Waals surface area contributed by atoms with Crippen molar-refractivity contribution in [3.05, 3.63) is 87.8 Å². The number of hydrogen-bond donors (Lipinski definition) is 2. The van der Waals surface area contributed by atoms with Crippen LogP contribution in [0, 0.1) is 0 Å². The van der Waals surface area contributed by atoms with Crippen LogP contribution < -0.4 is 5.56 Å². The van der Waals surface area contributed by atoms with Crippen molar-refractivity contribution in [3.63, 3.8) is 0 Å². The second kappa shape index (κ2) is 11.3. The van der Waals surface area contributed by atoms with Crippen LogP contribution in [-0.2, 0) is 17.7 Å². The molecule has 2 aromatic carbocycles. The molecule has 0 aliphatic carbocycles. The number of aromatic nitrogens is 2. The minimum atomic E-state index is -0.517. The van der Waals surface area contributed by atoms with E-state index in [4.69, 9.17) is 9.72 Å². The predicted molar refractivity (Wildman–Crippen MR) is 134 cm³/mol. The van der Waals surface area contributed by atoms with Gasteiger partial charge in [0.15, 0.2) is 0 Å². The van der Waals surface area contributed by atoms with Crippen molar-refractivity contribution >= 4 is 21.6 Å².